The van der Waals surface area contributed by atoms with E-state index in [0.717, 1.165) is 35.5 Å². The second kappa shape index (κ2) is 5.98. The molecule has 1 aromatic rings. The lowest BCUT2D eigenvalue weighted by Gasteiger charge is -2.27. The summed E-state index contributed by atoms with van der Waals surface area (Å²) < 4.78 is 5.22. The Bertz CT molecular complexity index is 392. The molecule has 0 spiro atoms. The van der Waals surface area contributed by atoms with Gasteiger partial charge in [0.25, 0.3) is 0 Å². The number of ether oxygens (including phenoxy) is 1. The third kappa shape index (κ3) is 3.56. The van der Waals surface area contributed by atoms with E-state index in [2.05, 4.69) is 12.2 Å². The minimum atomic E-state index is 0.744. The highest BCUT2D eigenvalue weighted by Gasteiger charge is 2.18. The quantitative estimate of drug-likeness (QED) is 0.801. The molecular weight excluding hydrogens is 224 g/mol. The number of hydrogen-bond donors (Lipinski definition) is 2. The normalized spacial score (nSPS) is 23.7. The zero-order chi connectivity index (χ0) is 13.0. The van der Waals surface area contributed by atoms with Crippen molar-refractivity contribution in [2.24, 2.45) is 11.8 Å². The Kier molecular flexibility index (Phi) is 4.34. The van der Waals surface area contributed by atoms with Crippen LogP contribution in [0.1, 0.15) is 32.6 Å². The molecule has 3 nitrogen and oxygen atoms in total. The zero-order valence-electron chi connectivity index (χ0n) is 11.4. The Morgan fingerprint density at radius 1 is 1.33 bits per heavy atom. The second-order valence-corrected chi connectivity index (χ2v) is 5.51. The average molecular weight is 248 g/mol. The molecule has 0 radical (unpaired) electrons. The van der Waals surface area contributed by atoms with Crippen molar-refractivity contribution in [3.63, 3.8) is 0 Å². The van der Waals surface area contributed by atoms with Gasteiger partial charge < -0.3 is 15.8 Å². The van der Waals surface area contributed by atoms with Crippen LogP contribution in [-0.2, 0) is 0 Å². The van der Waals surface area contributed by atoms with Crippen LogP contribution in [0.2, 0.25) is 0 Å². The van der Waals surface area contributed by atoms with Crippen LogP contribution in [-0.4, -0.2) is 13.7 Å². The van der Waals surface area contributed by atoms with E-state index in [1.54, 1.807) is 7.11 Å². The van der Waals surface area contributed by atoms with Gasteiger partial charge in [0.2, 0.25) is 0 Å². The van der Waals surface area contributed by atoms with Crippen LogP contribution < -0.4 is 15.8 Å². The highest BCUT2D eigenvalue weighted by molar-refractivity contribution is 5.59. The van der Waals surface area contributed by atoms with Crippen LogP contribution in [0, 0.1) is 11.8 Å². The van der Waals surface area contributed by atoms with E-state index in [1.165, 1.54) is 25.7 Å². The van der Waals surface area contributed by atoms with Crippen molar-refractivity contribution in [1.29, 1.82) is 0 Å². The molecule has 100 valence electrons. The van der Waals surface area contributed by atoms with E-state index in [9.17, 15) is 0 Å². The van der Waals surface area contributed by atoms with Crippen LogP contribution in [0.25, 0.3) is 0 Å². The van der Waals surface area contributed by atoms with Gasteiger partial charge in [-0.1, -0.05) is 19.8 Å². The first-order valence-electron chi connectivity index (χ1n) is 6.86. The maximum atomic E-state index is 5.85. The second-order valence-electron chi connectivity index (χ2n) is 5.51. The van der Waals surface area contributed by atoms with Crippen molar-refractivity contribution in [3.05, 3.63) is 18.2 Å². The molecule has 2 atom stereocenters. The van der Waals surface area contributed by atoms with Gasteiger partial charge in [0, 0.05) is 30.1 Å². The molecular formula is C15H24N2O. The highest BCUT2D eigenvalue weighted by atomic mass is 16.5. The fourth-order valence-electron chi connectivity index (χ4n) is 2.85. The van der Waals surface area contributed by atoms with Crippen LogP contribution in [0.4, 0.5) is 11.4 Å². The molecule has 0 heterocycles. The molecule has 0 bridgehead atoms. The number of hydrogen-bond acceptors (Lipinski definition) is 3. The molecule has 1 aliphatic rings. The molecule has 0 amide bonds. The molecule has 2 rings (SSSR count). The summed E-state index contributed by atoms with van der Waals surface area (Å²) in [6, 6.07) is 5.81. The van der Waals surface area contributed by atoms with Gasteiger partial charge in [-0.05, 0) is 30.7 Å². The number of rotatable bonds is 4. The van der Waals surface area contributed by atoms with E-state index in [0.29, 0.717) is 0 Å². The predicted octanol–water partition coefficient (Wildman–Crippen LogP) is 3.52. The first-order valence-corrected chi connectivity index (χ1v) is 6.86. The lowest BCUT2D eigenvalue weighted by molar-refractivity contribution is 0.293. The van der Waals surface area contributed by atoms with E-state index < -0.39 is 0 Å². The van der Waals surface area contributed by atoms with E-state index >= 15 is 0 Å². The third-order valence-electron chi connectivity index (χ3n) is 3.80. The molecule has 0 aromatic heterocycles. The monoisotopic (exact) mass is 248 g/mol. The SMILES string of the molecule is COc1cc(N)cc(NCC2CCCC(C)C2)c1. The summed E-state index contributed by atoms with van der Waals surface area (Å²) in [4.78, 5) is 0. The van der Waals surface area contributed by atoms with Crippen molar-refractivity contribution < 1.29 is 4.74 Å². The van der Waals surface area contributed by atoms with Crippen molar-refractivity contribution in [2.75, 3.05) is 24.7 Å². The van der Waals surface area contributed by atoms with Crippen LogP contribution in [0.15, 0.2) is 18.2 Å². The van der Waals surface area contributed by atoms with Crippen molar-refractivity contribution in [1.82, 2.24) is 0 Å². The summed E-state index contributed by atoms with van der Waals surface area (Å²) >= 11 is 0. The minimum absolute atomic E-state index is 0.744. The molecule has 1 fully saturated rings. The van der Waals surface area contributed by atoms with Gasteiger partial charge in [-0.15, -0.1) is 0 Å². The van der Waals surface area contributed by atoms with Gasteiger partial charge in [-0.3, -0.25) is 0 Å². The van der Waals surface area contributed by atoms with Crippen LogP contribution in [0.5, 0.6) is 5.75 Å². The summed E-state index contributed by atoms with van der Waals surface area (Å²) in [6.07, 6.45) is 5.44. The molecule has 0 aliphatic heterocycles. The number of nitrogens with one attached hydrogen (secondary N) is 1. The third-order valence-corrected chi connectivity index (χ3v) is 3.80. The number of nitrogen functional groups attached to an aromatic ring is 1. The minimum Gasteiger partial charge on any atom is -0.497 e. The number of anilines is 2. The molecule has 1 saturated carbocycles. The van der Waals surface area contributed by atoms with Gasteiger partial charge >= 0.3 is 0 Å². The maximum Gasteiger partial charge on any atom is 0.122 e. The smallest absolute Gasteiger partial charge is 0.122 e. The van der Waals surface area contributed by atoms with Gasteiger partial charge in [-0.2, -0.15) is 0 Å². The Morgan fingerprint density at radius 3 is 2.89 bits per heavy atom. The molecule has 0 saturated heterocycles. The van der Waals surface area contributed by atoms with Gasteiger partial charge in [0.15, 0.2) is 0 Å². The fourth-order valence-corrected chi connectivity index (χ4v) is 2.85. The summed E-state index contributed by atoms with van der Waals surface area (Å²) in [7, 11) is 1.67. The Hall–Kier alpha value is -1.38. The number of benzene rings is 1. The van der Waals surface area contributed by atoms with Crippen molar-refractivity contribution in [3.8, 4) is 5.75 Å². The first kappa shape index (κ1) is 13.1. The van der Waals surface area contributed by atoms with Crippen LogP contribution >= 0.6 is 0 Å². The van der Waals surface area contributed by atoms with Gasteiger partial charge in [-0.25, -0.2) is 0 Å². The first-order chi connectivity index (χ1) is 8.67. The summed E-state index contributed by atoms with van der Waals surface area (Å²) in [5, 5.41) is 3.49. The molecule has 1 aliphatic carbocycles. The molecule has 3 heteroatoms. The zero-order valence-corrected chi connectivity index (χ0v) is 11.4. The fraction of sp³-hybridized carbons (Fsp3) is 0.600. The van der Waals surface area contributed by atoms with Gasteiger partial charge in [0.1, 0.15) is 5.75 Å². The summed E-state index contributed by atoms with van der Waals surface area (Å²) in [5.74, 6) is 2.48. The molecule has 2 unspecified atom stereocenters. The Balaban J connectivity index is 1.91. The number of methoxy groups -OCH3 is 1. The number of nitrogens with two attached hydrogens (primary N) is 1. The average Bonchev–Trinajstić information content (AvgIpc) is 2.36. The highest BCUT2D eigenvalue weighted by Crippen LogP contribution is 2.29. The summed E-state index contributed by atoms with van der Waals surface area (Å²) in [5.41, 5.74) is 7.65. The van der Waals surface area contributed by atoms with Crippen molar-refractivity contribution in [2.45, 2.75) is 32.6 Å². The van der Waals surface area contributed by atoms with E-state index in [4.69, 9.17) is 10.5 Å². The van der Waals surface area contributed by atoms with E-state index in [1.807, 2.05) is 18.2 Å². The molecule has 18 heavy (non-hydrogen) atoms. The standard InChI is InChI=1S/C15H24N2O/c1-11-4-3-5-12(6-11)10-17-14-7-13(16)8-15(9-14)18-2/h7-9,11-12,17H,3-6,10,16H2,1-2H3. The Morgan fingerprint density at radius 2 is 2.17 bits per heavy atom. The van der Waals surface area contributed by atoms with Crippen LogP contribution in [0.3, 0.4) is 0 Å². The Labute approximate surface area is 110 Å². The lowest BCUT2D eigenvalue weighted by atomic mass is 9.82. The lowest BCUT2D eigenvalue weighted by Crippen LogP contribution is -2.21. The van der Waals surface area contributed by atoms with Crippen molar-refractivity contribution >= 4 is 11.4 Å². The maximum absolute atomic E-state index is 5.85. The van der Waals surface area contributed by atoms with Gasteiger partial charge in [0.05, 0.1) is 7.11 Å². The molecule has 1 aromatic carbocycles. The topological polar surface area (TPSA) is 47.3 Å². The predicted molar refractivity (Wildman–Crippen MR) is 77.0 cm³/mol. The largest absolute Gasteiger partial charge is 0.497 e. The molecule has 3 N–H and O–H groups in total. The summed E-state index contributed by atoms with van der Waals surface area (Å²) in [6.45, 7) is 3.40. The van der Waals surface area contributed by atoms with E-state index in [-0.39, 0.29) is 0 Å².